The summed E-state index contributed by atoms with van der Waals surface area (Å²) in [4.78, 5) is 14.4. The highest BCUT2D eigenvalue weighted by molar-refractivity contribution is 5.96. The predicted molar refractivity (Wildman–Crippen MR) is 106 cm³/mol. The van der Waals surface area contributed by atoms with E-state index in [0.717, 1.165) is 18.8 Å². The van der Waals surface area contributed by atoms with Crippen LogP contribution in [-0.2, 0) is 0 Å². The molecule has 144 valence electrons. The molecule has 0 saturated carbocycles. The molecule has 0 saturated heterocycles. The van der Waals surface area contributed by atoms with Crippen LogP contribution in [0.2, 0.25) is 0 Å². The van der Waals surface area contributed by atoms with Gasteiger partial charge in [-0.3, -0.25) is 4.79 Å². The topological polar surface area (TPSA) is 83.4 Å². The summed E-state index contributed by atoms with van der Waals surface area (Å²) >= 11 is 0. The maximum Gasteiger partial charge on any atom is 0.271 e. The number of rotatable bonds is 8. The number of carbonyl (C=O) groups excluding carboxylic acids is 1. The van der Waals surface area contributed by atoms with Gasteiger partial charge in [0, 0.05) is 42.0 Å². The molecule has 2 N–H and O–H groups in total. The van der Waals surface area contributed by atoms with Gasteiger partial charge in [-0.05, 0) is 38.1 Å². The number of nitrogens with zero attached hydrogens (tertiary/aromatic N) is 2. The van der Waals surface area contributed by atoms with Crippen molar-refractivity contribution in [3.05, 3.63) is 47.5 Å². The Bertz CT molecular complexity index is 795. The molecule has 7 nitrogen and oxygen atoms in total. The molecule has 0 fully saturated rings. The van der Waals surface area contributed by atoms with Gasteiger partial charge in [0.15, 0.2) is 0 Å². The van der Waals surface area contributed by atoms with E-state index in [1.807, 2.05) is 6.07 Å². The van der Waals surface area contributed by atoms with Crippen LogP contribution in [0.3, 0.4) is 0 Å². The van der Waals surface area contributed by atoms with Crippen LogP contribution in [-0.4, -0.2) is 44.5 Å². The van der Waals surface area contributed by atoms with E-state index in [9.17, 15) is 9.90 Å². The van der Waals surface area contributed by atoms with E-state index in [0.29, 0.717) is 22.6 Å². The molecule has 2 aromatic rings. The molecule has 1 amide bonds. The van der Waals surface area contributed by atoms with Crippen LogP contribution in [0.5, 0.6) is 17.2 Å². The average molecular weight is 371 g/mol. The maximum atomic E-state index is 12.3. The number of aromatic hydroxyl groups is 1. The molecule has 27 heavy (non-hydrogen) atoms. The Morgan fingerprint density at radius 1 is 1.11 bits per heavy atom. The van der Waals surface area contributed by atoms with E-state index in [1.54, 1.807) is 30.3 Å². The van der Waals surface area contributed by atoms with Crippen LogP contribution < -0.4 is 19.8 Å². The fraction of sp³-hybridized carbons (Fsp3) is 0.300. The summed E-state index contributed by atoms with van der Waals surface area (Å²) in [5.41, 5.74) is 4.23. The Balaban J connectivity index is 2.10. The summed E-state index contributed by atoms with van der Waals surface area (Å²) in [5, 5.41) is 14.1. The van der Waals surface area contributed by atoms with Crippen molar-refractivity contribution >= 4 is 17.8 Å². The van der Waals surface area contributed by atoms with Crippen molar-refractivity contribution in [2.45, 2.75) is 13.8 Å². The third-order valence-electron chi connectivity index (χ3n) is 4.13. The molecule has 0 aliphatic rings. The second kappa shape index (κ2) is 9.47. The van der Waals surface area contributed by atoms with E-state index in [4.69, 9.17) is 9.47 Å². The zero-order valence-corrected chi connectivity index (χ0v) is 16.0. The summed E-state index contributed by atoms with van der Waals surface area (Å²) in [6, 6.07) is 10.2. The molecule has 0 atom stereocenters. The molecule has 0 spiro atoms. The number of hydrogen-bond acceptors (Lipinski definition) is 6. The first-order valence-electron chi connectivity index (χ1n) is 8.66. The van der Waals surface area contributed by atoms with E-state index in [-0.39, 0.29) is 5.75 Å². The zero-order valence-electron chi connectivity index (χ0n) is 16.0. The van der Waals surface area contributed by atoms with Crippen molar-refractivity contribution in [1.82, 2.24) is 5.43 Å². The van der Waals surface area contributed by atoms with E-state index >= 15 is 0 Å². The SMILES string of the molecule is CCN(CC)c1ccc(C=NNC(=O)c2cc(OC)cc(OC)c2)c(O)c1. The quantitative estimate of drug-likeness (QED) is 0.550. The van der Waals surface area contributed by atoms with Crippen molar-refractivity contribution in [2.75, 3.05) is 32.2 Å². The summed E-state index contributed by atoms with van der Waals surface area (Å²) < 4.78 is 10.3. The number of methoxy groups -OCH3 is 2. The number of amides is 1. The Morgan fingerprint density at radius 2 is 1.74 bits per heavy atom. The highest BCUT2D eigenvalue weighted by Gasteiger charge is 2.09. The lowest BCUT2D eigenvalue weighted by atomic mass is 10.2. The molecule has 2 rings (SSSR count). The number of phenols is 1. The van der Waals surface area contributed by atoms with Crippen LogP contribution in [0.1, 0.15) is 29.8 Å². The van der Waals surface area contributed by atoms with E-state index in [2.05, 4.69) is 29.3 Å². The molecule has 0 aliphatic carbocycles. The first kappa shape index (κ1) is 20.1. The standard InChI is InChI=1S/C20H25N3O4/c1-5-23(6-2)16-8-7-14(19(24)11-16)13-21-22-20(25)15-9-17(26-3)12-18(10-15)27-4/h7-13,24H,5-6H2,1-4H3,(H,22,25). The second-order valence-corrected chi connectivity index (χ2v) is 5.72. The number of ether oxygens (including phenoxy) is 2. The van der Waals surface area contributed by atoms with Gasteiger partial charge < -0.3 is 19.5 Å². The smallest absolute Gasteiger partial charge is 0.271 e. The highest BCUT2D eigenvalue weighted by Crippen LogP contribution is 2.24. The van der Waals surface area contributed by atoms with Crippen LogP contribution in [0.25, 0.3) is 0 Å². The van der Waals surface area contributed by atoms with Gasteiger partial charge in [-0.1, -0.05) is 0 Å². The van der Waals surface area contributed by atoms with Crippen molar-refractivity contribution in [1.29, 1.82) is 0 Å². The van der Waals surface area contributed by atoms with Gasteiger partial charge in [0.05, 0.1) is 20.4 Å². The van der Waals surface area contributed by atoms with Crippen LogP contribution in [0, 0.1) is 0 Å². The van der Waals surface area contributed by atoms with E-state index < -0.39 is 5.91 Å². The largest absolute Gasteiger partial charge is 0.507 e. The minimum Gasteiger partial charge on any atom is -0.507 e. The Labute approximate surface area is 159 Å². The Morgan fingerprint density at radius 3 is 2.26 bits per heavy atom. The second-order valence-electron chi connectivity index (χ2n) is 5.72. The molecular formula is C20H25N3O4. The number of carbonyl (C=O) groups is 1. The number of phenolic OH excluding ortho intramolecular Hbond substituents is 1. The molecule has 0 bridgehead atoms. The first-order valence-corrected chi connectivity index (χ1v) is 8.66. The third kappa shape index (κ3) is 5.13. The monoisotopic (exact) mass is 371 g/mol. The molecular weight excluding hydrogens is 346 g/mol. The number of anilines is 1. The maximum absolute atomic E-state index is 12.3. The number of hydrazone groups is 1. The van der Waals surface area contributed by atoms with Gasteiger partial charge in [0.1, 0.15) is 17.2 Å². The fourth-order valence-corrected chi connectivity index (χ4v) is 2.59. The van der Waals surface area contributed by atoms with Gasteiger partial charge in [0.25, 0.3) is 5.91 Å². The van der Waals surface area contributed by atoms with Gasteiger partial charge in [0.2, 0.25) is 0 Å². The van der Waals surface area contributed by atoms with Gasteiger partial charge >= 0.3 is 0 Å². The van der Waals surface area contributed by atoms with Crippen LogP contribution in [0.4, 0.5) is 5.69 Å². The first-order chi connectivity index (χ1) is 13.0. The average Bonchev–Trinajstić information content (AvgIpc) is 2.69. The molecule has 0 unspecified atom stereocenters. The lowest BCUT2D eigenvalue weighted by Gasteiger charge is -2.21. The van der Waals surface area contributed by atoms with Crippen molar-refractivity contribution < 1.29 is 19.4 Å². The molecule has 0 radical (unpaired) electrons. The minimum absolute atomic E-state index is 0.0976. The summed E-state index contributed by atoms with van der Waals surface area (Å²) in [5.74, 6) is 0.699. The molecule has 0 aliphatic heterocycles. The number of benzene rings is 2. The fourth-order valence-electron chi connectivity index (χ4n) is 2.59. The van der Waals surface area contributed by atoms with Crippen molar-refractivity contribution in [3.63, 3.8) is 0 Å². The van der Waals surface area contributed by atoms with E-state index in [1.165, 1.54) is 20.4 Å². The highest BCUT2D eigenvalue weighted by atomic mass is 16.5. The third-order valence-corrected chi connectivity index (χ3v) is 4.13. The van der Waals surface area contributed by atoms with Crippen molar-refractivity contribution in [2.24, 2.45) is 5.10 Å². The predicted octanol–water partition coefficient (Wildman–Crippen LogP) is 3.02. The Kier molecular flexibility index (Phi) is 7.05. The molecule has 0 heterocycles. The molecule has 0 aromatic heterocycles. The number of nitrogens with one attached hydrogen (secondary N) is 1. The minimum atomic E-state index is -0.414. The van der Waals surface area contributed by atoms with Crippen LogP contribution in [0.15, 0.2) is 41.5 Å². The Hall–Kier alpha value is -3.22. The zero-order chi connectivity index (χ0) is 19.8. The number of hydrogen-bond donors (Lipinski definition) is 2. The lowest BCUT2D eigenvalue weighted by Crippen LogP contribution is -2.21. The molecule has 2 aromatic carbocycles. The summed E-state index contributed by atoms with van der Waals surface area (Å²) in [6.45, 7) is 5.81. The summed E-state index contributed by atoms with van der Waals surface area (Å²) in [7, 11) is 3.03. The molecule has 7 heteroatoms. The van der Waals surface area contributed by atoms with Gasteiger partial charge in [-0.25, -0.2) is 5.43 Å². The van der Waals surface area contributed by atoms with Gasteiger partial charge in [-0.2, -0.15) is 5.10 Å². The normalized spacial score (nSPS) is 10.7. The lowest BCUT2D eigenvalue weighted by molar-refractivity contribution is 0.0954. The van der Waals surface area contributed by atoms with Crippen molar-refractivity contribution in [3.8, 4) is 17.2 Å². The van der Waals surface area contributed by atoms with Crippen LogP contribution >= 0.6 is 0 Å². The van der Waals surface area contributed by atoms with Gasteiger partial charge in [-0.15, -0.1) is 0 Å². The summed E-state index contributed by atoms with van der Waals surface area (Å²) in [6.07, 6.45) is 1.40.